The van der Waals surface area contributed by atoms with Gasteiger partial charge in [-0.3, -0.25) is 0 Å². The molecule has 0 spiro atoms. The van der Waals surface area contributed by atoms with Crippen LogP contribution in [0.25, 0.3) is 0 Å². The highest BCUT2D eigenvalue weighted by molar-refractivity contribution is 5.54. The number of methoxy groups -OCH3 is 1. The molecule has 1 aromatic carbocycles. The summed E-state index contributed by atoms with van der Waals surface area (Å²) in [7, 11) is 1.62. The number of nitrogen functional groups attached to an aromatic ring is 1. The third-order valence-corrected chi connectivity index (χ3v) is 2.40. The number of benzene rings is 1. The molecule has 4 heteroatoms. The number of hydrogen-bond acceptors (Lipinski definition) is 4. The fourth-order valence-corrected chi connectivity index (χ4v) is 1.56. The van der Waals surface area contributed by atoms with E-state index in [1.54, 1.807) is 7.11 Å². The van der Waals surface area contributed by atoms with Crippen LogP contribution in [0, 0.1) is 0 Å². The van der Waals surface area contributed by atoms with E-state index < -0.39 is 0 Å². The van der Waals surface area contributed by atoms with Gasteiger partial charge in [-0.15, -0.1) is 0 Å². The molecule has 0 aromatic heterocycles. The minimum Gasteiger partial charge on any atom is -0.495 e. The molecule has 0 aliphatic heterocycles. The first-order valence-electron chi connectivity index (χ1n) is 5.52. The Morgan fingerprint density at radius 3 is 2.81 bits per heavy atom. The fraction of sp³-hybridized carbons (Fsp3) is 0.500. The van der Waals surface area contributed by atoms with Gasteiger partial charge in [0.25, 0.3) is 0 Å². The third-order valence-electron chi connectivity index (χ3n) is 2.40. The SMILES string of the molecule is COc1ccc(CCCNCCO)cc1N. The highest BCUT2D eigenvalue weighted by Gasteiger charge is 2.00. The van der Waals surface area contributed by atoms with E-state index in [-0.39, 0.29) is 6.61 Å². The second-order valence-corrected chi connectivity index (χ2v) is 3.65. The van der Waals surface area contributed by atoms with Crippen LogP contribution >= 0.6 is 0 Å². The van der Waals surface area contributed by atoms with Crippen LogP contribution in [0.1, 0.15) is 12.0 Å². The molecule has 0 saturated carbocycles. The second-order valence-electron chi connectivity index (χ2n) is 3.65. The predicted molar refractivity (Wildman–Crippen MR) is 65.7 cm³/mol. The van der Waals surface area contributed by atoms with E-state index in [1.807, 2.05) is 18.2 Å². The summed E-state index contributed by atoms with van der Waals surface area (Å²) in [6.07, 6.45) is 2.01. The van der Waals surface area contributed by atoms with Gasteiger partial charge in [-0.05, 0) is 37.1 Å². The normalized spacial score (nSPS) is 10.4. The number of aliphatic hydroxyl groups is 1. The Morgan fingerprint density at radius 1 is 1.38 bits per heavy atom. The number of aliphatic hydroxyl groups excluding tert-OH is 1. The van der Waals surface area contributed by atoms with Crippen LogP contribution in [0.15, 0.2) is 18.2 Å². The quantitative estimate of drug-likeness (QED) is 0.473. The van der Waals surface area contributed by atoms with E-state index >= 15 is 0 Å². The largest absolute Gasteiger partial charge is 0.495 e. The van der Waals surface area contributed by atoms with E-state index in [9.17, 15) is 0 Å². The molecule has 4 nitrogen and oxygen atoms in total. The van der Waals surface area contributed by atoms with Gasteiger partial charge in [0, 0.05) is 6.54 Å². The standard InChI is InChI=1S/C12H20N2O2/c1-16-12-5-4-10(9-11(12)13)3-2-6-14-7-8-15/h4-5,9,14-15H,2-3,6-8,13H2,1H3. The van der Waals surface area contributed by atoms with Crippen molar-refractivity contribution in [2.75, 3.05) is 32.5 Å². The predicted octanol–water partition coefficient (Wildman–Crippen LogP) is 0.792. The monoisotopic (exact) mass is 224 g/mol. The van der Waals surface area contributed by atoms with Crippen molar-refractivity contribution in [3.05, 3.63) is 23.8 Å². The van der Waals surface area contributed by atoms with E-state index in [1.165, 1.54) is 5.56 Å². The van der Waals surface area contributed by atoms with Gasteiger partial charge >= 0.3 is 0 Å². The molecule has 4 N–H and O–H groups in total. The lowest BCUT2D eigenvalue weighted by atomic mass is 10.1. The number of rotatable bonds is 7. The molecule has 0 unspecified atom stereocenters. The summed E-state index contributed by atoms with van der Waals surface area (Å²) in [6, 6.07) is 5.87. The van der Waals surface area contributed by atoms with E-state index in [4.69, 9.17) is 15.6 Å². The number of nitrogens with two attached hydrogens (primary N) is 1. The Hall–Kier alpha value is -1.26. The molecule has 1 rings (SSSR count). The zero-order chi connectivity index (χ0) is 11.8. The van der Waals surface area contributed by atoms with Crippen molar-refractivity contribution >= 4 is 5.69 Å². The minimum absolute atomic E-state index is 0.190. The Kier molecular flexibility index (Phi) is 5.67. The molecule has 16 heavy (non-hydrogen) atoms. The Morgan fingerprint density at radius 2 is 2.19 bits per heavy atom. The highest BCUT2D eigenvalue weighted by atomic mass is 16.5. The van der Waals surface area contributed by atoms with Gasteiger partial charge < -0.3 is 20.9 Å². The molecule has 0 saturated heterocycles. The van der Waals surface area contributed by atoms with Crippen molar-refractivity contribution < 1.29 is 9.84 Å². The maximum atomic E-state index is 8.58. The molecule has 0 bridgehead atoms. The van der Waals surface area contributed by atoms with Crippen LogP contribution < -0.4 is 15.8 Å². The molecule has 0 heterocycles. The van der Waals surface area contributed by atoms with Crippen molar-refractivity contribution in [2.24, 2.45) is 0 Å². The van der Waals surface area contributed by atoms with Crippen molar-refractivity contribution in [1.29, 1.82) is 0 Å². The average Bonchev–Trinajstić information content (AvgIpc) is 2.29. The van der Waals surface area contributed by atoms with Gasteiger partial charge in [0.2, 0.25) is 0 Å². The number of nitrogens with one attached hydrogen (secondary N) is 1. The van der Waals surface area contributed by atoms with E-state index in [0.29, 0.717) is 12.2 Å². The first-order chi connectivity index (χ1) is 7.77. The zero-order valence-electron chi connectivity index (χ0n) is 9.70. The summed E-state index contributed by atoms with van der Waals surface area (Å²) in [5, 5.41) is 11.7. The molecule has 0 aliphatic rings. The van der Waals surface area contributed by atoms with E-state index in [0.717, 1.165) is 25.1 Å². The lowest BCUT2D eigenvalue weighted by molar-refractivity contribution is 0.292. The van der Waals surface area contributed by atoms with Crippen molar-refractivity contribution in [3.63, 3.8) is 0 Å². The molecule has 0 aliphatic carbocycles. The summed E-state index contributed by atoms with van der Waals surface area (Å²) in [4.78, 5) is 0. The third kappa shape index (κ3) is 4.08. The summed E-state index contributed by atoms with van der Waals surface area (Å²) < 4.78 is 5.09. The molecule has 0 amide bonds. The smallest absolute Gasteiger partial charge is 0.141 e. The number of anilines is 1. The van der Waals surface area contributed by atoms with Crippen LogP contribution in [0.3, 0.4) is 0 Å². The summed E-state index contributed by atoms with van der Waals surface area (Å²) in [5.41, 5.74) is 7.71. The Labute approximate surface area is 96.4 Å². The zero-order valence-corrected chi connectivity index (χ0v) is 9.70. The molecule has 0 fully saturated rings. The van der Waals surface area contributed by atoms with Crippen LogP contribution in [0.4, 0.5) is 5.69 Å². The van der Waals surface area contributed by atoms with Crippen molar-refractivity contribution in [3.8, 4) is 5.75 Å². The number of ether oxygens (including phenoxy) is 1. The minimum atomic E-state index is 0.190. The van der Waals surface area contributed by atoms with Crippen LogP contribution in [-0.4, -0.2) is 31.9 Å². The van der Waals surface area contributed by atoms with E-state index in [2.05, 4.69) is 5.32 Å². The molecular formula is C12H20N2O2. The van der Waals surface area contributed by atoms with Gasteiger partial charge in [0.1, 0.15) is 5.75 Å². The maximum Gasteiger partial charge on any atom is 0.141 e. The lowest BCUT2D eigenvalue weighted by Crippen LogP contribution is -2.19. The van der Waals surface area contributed by atoms with Gasteiger partial charge in [0.15, 0.2) is 0 Å². The summed E-state index contributed by atoms with van der Waals surface area (Å²) in [5.74, 6) is 0.724. The molecular weight excluding hydrogens is 204 g/mol. The van der Waals surface area contributed by atoms with Crippen molar-refractivity contribution in [1.82, 2.24) is 5.32 Å². The Balaban J connectivity index is 2.34. The van der Waals surface area contributed by atoms with Crippen LogP contribution in [0.5, 0.6) is 5.75 Å². The molecule has 90 valence electrons. The summed E-state index contributed by atoms with van der Waals surface area (Å²) >= 11 is 0. The van der Waals surface area contributed by atoms with Crippen LogP contribution in [-0.2, 0) is 6.42 Å². The number of hydrogen-bond donors (Lipinski definition) is 3. The molecule has 1 aromatic rings. The highest BCUT2D eigenvalue weighted by Crippen LogP contribution is 2.22. The molecule has 0 atom stereocenters. The van der Waals surface area contributed by atoms with Gasteiger partial charge in [0.05, 0.1) is 19.4 Å². The van der Waals surface area contributed by atoms with Crippen LogP contribution in [0.2, 0.25) is 0 Å². The topological polar surface area (TPSA) is 67.5 Å². The van der Waals surface area contributed by atoms with Gasteiger partial charge in [-0.25, -0.2) is 0 Å². The maximum absolute atomic E-state index is 8.58. The Bertz CT molecular complexity index is 316. The fourth-order valence-electron chi connectivity index (χ4n) is 1.56. The second kappa shape index (κ2) is 7.09. The lowest BCUT2D eigenvalue weighted by Gasteiger charge is -2.07. The molecule has 0 radical (unpaired) electrons. The first-order valence-corrected chi connectivity index (χ1v) is 5.52. The number of aryl methyl sites for hydroxylation is 1. The van der Waals surface area contributed by atoms with Crippen molar-refractivity contribution in [2.45, 2.75) is 12.8 Å². The van der Waals surface area contributed by atoms with Gasteiger partial charge in [-0.1, -0.05) is 6.07 Å². The van der Waals surface area contributed by atoms with Gasteiger partial charge in [-0.2, -0.15) is 0 Å². The first kappa shape index (κ1) is 12.8. The average molecular weight is 224 g/mol. The summed E-state index contributed by atoms with van der Waals surface area (Å²) in [6.45, 7) is 1.76.